The topological polar surface area (TPSA) is 56.1 Å². The van der Waals surface area contributed by atoms with Gasteiger partial charge >= 0.3 is 0 Å². The van der Waals surface area contributed by atoms with Gasteiger partial charge in [0.2, 0.25) is 5.91 Å². The van der Waals surface area contributed by atoms with Crippen LogP contribution in [-0.2, 0) is 11.3 Å². The van der Waals surface area contributed by atoms with Crippen LogP contribution in [0.1, 0.15) is 17.5 Å². The third-order valence-corrected chi connectivity index (χ3v) is 4.62. The molecule has 1 aromatic carbocycles. The first-order valence-electron chi connectivity index (χ1n) is 6.78. The maximum absolute atomic E-state index is 11.9. The molecule has 0 aliphatic carbocycles. The van der Waals surface area contributed by atoms with Crippen LogP contribution in [0.5, 0.6) is 0 Å². The minimum Gasteiger partial charge on any atom is -0.326 e. The van der Waals surface area contributed by atoms with E-state index in [-0.39, 0.29) is 5.91 Å². The summed E-state index contributed by atoms with van der Waals surface area (Å²) in [4.78, 5) is 14.1. The molecule has 0 saturated carbocycles. The summed E-state index contributed by atoms with van der Waals surface area (Å²) in [5.74, 6) is -0.0477. The Kier molecular flexibility index (Phi) is 6.13. The second-order valence-electron chi connectivity index (χ2n) is 4.99. The van der Waals surface area contributed by atoms with E-state index in [0.29, 0.717) is 24.2 Å². The quantitative estimate of drug-likeness (QED) is 0.831. The SMILES string of the molecule is CN(CCC(=O)Nc1cccc(C#N)c1)Cc1csc(Br)c1. The van der Waals surface area contributed by atoms with Crippen molar-refractivity contribution < 1.29 is 4.79 Å². The van der Waals surface area contributed by atoms with Crippen molar-refractivity contribution in [1.29, 1.82) is 5.26 Å². The van der Waals surface area contributed by atoms with Crippen molar-refractivity contribution >= 4 is 38.9 Å². The predicted octanol–water partition coefficient (Wildman–Crippen LogP) is 3.84. The number of nitriles is 1. The number of anilines is 1. The first-order valence-corrected chi connectivity index (χ1v) is 8.45. The highest BCUT2D eigenvalue weighted by Gasteiger charge is 2.07. The van der Waals surface area contributed by atoms with Gasteiger partial charge in [-0.05, 0) is 58.2 Å². The number of halogens is 1. The van der Waals surface area contributed by atoms with Crippen LogP contribution in [0.15, 0.2) is 39.5 Å². The molecule has 1 heterocycles. The Morgan fingerprint density at radius 1 is 1.45 bits per heavy atom. The van der Waals surface area contributed by atoms with Gasteiger partial charge < -0.3 is 10.2 Å². The maximum atomic E-state index is 11.9. The largest absolute Gasteiger partial charge is 0.326 e. The maximum Gasteiger partial charge on any atom is 0.225 e. The second-order valence-corrected chi connectivity index (χ2v) is 7.28. The summed E-state index contributed by atoms with van der Waals surface area (Å²) in [7, 11) is 2.00. The van der Waals surface area contributed by atoms with Crippen molar-refractivity contribution in [2.45, 2.75) is 13.0 Å². The van der Waals surface area contributed by atoms with E-state index in [4.69, 9.17) is 5.26 Å². The van der Waals surface area contributed by atoms with Crippen LogP contribution in [0.3, 0.4) is 0 Å². The summed E-state index contributed by atoms with van der Waals surface area (Å²) in [6.45, 7) is 1.50. The van der Waals surface area contributed by atoms with E-state index >= 15 is 0 Å². The molecule has 0 spiro atoms. The van der Waals surface area contributed by atoms with E-state index in [1.807, 2.05) is 7.05 Å². The third-order valence-electron chi connectivity index (χ3n) is 3.07. The van der Waals surface area contributed by atoms with Crippen LogP contribution in [-0.4, -0.2) is 24.4 Å². The Hall–Kier alpha value is -1.68. The van der Waals surface area contributed by atoms with Crippen molar-refractivity contribution in [2.75, 3.05) is 18.9 Å². The van der Waals surface area contributed by atoms with Gasteiger partial charge in [0, 0.05) is 25.2 Å². The van der Waals surface area contributed by atoms with E-state index < -0.39 is 0 Å². The molecule has 114 valence electrons. The van der Waals surface area contributed by atoms with Crippen LogP contribution in [0.2, 0.25) is 0 Å². The molecule has 6 heteroatoms. The fourth-order valence-electron chi connectivity index (χ4n) is 2.00. The summed E-state index contributed by atoms with van der Waals surface area (Å²) in [5.41, 5.74) is 2.44. The average Bonchev–Trinajstić information content (AvgIpc) is 2.90. The van der Waals surface area contributed by atoms with E-state index in [2.05, 4.69) is 43.7 Å². The molecule has 0 bridgehead atoms. The fraction of sp³-hybridized carbons (Fsp3) is 0.250. The smallest absolute Gasteiger partial charge is 0.225 e. The summed E-state index contributed by atoms with van der Waals surface area (Å²) in [6.07, 6.45) is 0.415. The van der Waals surface area contributed by atoms with Gasteiger partial charge in [-0.25, -0.2) is 0 Å². The van der Waals surface area contributed by atoms with Crippen LogP contribution in [0, 0.1) is 11.3 Å². The van der Waals surface area contributed by atoms with Gasteiger partial charge in [-0.1, -0.05) is 6.07 Å². The van der Waals surface area contributed by atoms with Crippen molar-refractivity contribution in [3.63, 3.8) is 0 Å². The third kappa shape index (κ3) is 5.26. The average molecular weight is 378 g/mol. The fourth-order valence-corrected chi connectivity index (χ4v) is 3.20. The van der Waals surface area contributed by atoms with E-state index in [9.17, 15) is 4.79 Å². The molecule has 1 amide bonds. The van der Waals surface area contributed by atoms with E-state index in [0.717, 1.165) is 10.3 Å². The summed E-state index contributed by atoms with van der Waals surface area (Å²) in [6, 6.07) is 11.1. The van der Waals surface area contributed by atoms with Gasteiger partial charge in [-0.2, -0.15) is 5.26 Å². The lowest BCUT2D eigenvalue weighted by Gasteiger charge is -2.15. The van der Waals surface area contributed by atoms with Crippen molar-refractivity contribution in [3.8, 4) is 6.07 Å². The highest BCUT2D eigenvalue weighted by molar-refractivity contribution is 9.11. The standard InChI is InChI=1S/C16H16BrN3OS/c1-20(10-13-8-15(17)22-11-13)6-5-16(21)19-14-4-2-3-12(7-14)9-18/h2-4,7-8,11H,5-6,10H2,1H3,(H,19,21). The Morgan fingerprint density at radius 3 is 2.95 bits per heavy atom. The number of benzene rings is 1. The highest BCUT2D eigenvalue weighted by atomic mass is 79.9. The van der Waals surface area contributed by atoms with Crippen LogP contribution in [0.25, 0.3) is 0 Å². The number of amides is 1. The normalized spacial score (nSPS) is 10.5. The first kappa shape index (κ1) is 16.7. The molecular formula is C16H16BrN3OS. The number of hydrogen-bond donors (Lipinski definition) is 1. The molecule has 1 N–H and O–H groups in total. The lowest BCUT2D eigenvalue weighted by molar-refractivity contribution is -0.116. The lowest BCUT2D eigenvalue weighted by Crippen LogP contribution is -2.23. The Balaban J connectivity index is 1.78. The lowest BCUT2D eigenvalue weighted by atomic mass is 10.2. The molecule has 2 rings (SSSR count). The zero-order valence-corrected chi connectivity index (χ0v) is 14.6. The number of rotatable bonds is 6. The zero-order chi connectivity index (χ0) is 15.9. The van der Waals surface area contributed by atoms with Gasteiger partial charge in [0.05, 0.1) is 15.4 Å². The van der Waals surface area contributed by atoms with Gasteiger partial charge in [0.1, 0.15) is 0 Å². The summed E-state index contributed by atoms with van der Waals surface area (Å²) >= 11 is 5.11. The molecule has 1 aromatic heterocycles. The van der Waals surface area contributed by atoms with Crippen molar-refractivity contribution in [2.24, 2.45) is 0 Å². The van der Waals surface area contributed by atoms with Crippen molar-refractivity contribution in [3.05, 3.63) is 50.6 Å². The number of nitrogens with one attached hydrogen (secondary N) is 1. The minimum absolute atomic E-state index is 0.0477. The minimum atomic E-state index is -0.0477. The van der Waals surface area contributed by atoms with Gasteiger partial charge in [-0.15, -0.1) is 11.3 Å². The summed E-state index contributed by atoms with van der Waals surface area (Å²) < 4.78 is 1.12. The van der Waals surface area contributed by atoms with Crippen LogP contribution in [0.4, 0.5) is 5.69 Å². The number of nitrogens with zero attached hydrogens (tertiary/aromatic N) is 2. The molecule has 2 aromatic rings. The van der Waals surface area contributed by atoms with Crippen molar-refractivity contribution in [1.82, 2.24) is 4.90 Å². The highest BCUT2D eigenvalue weighted by Crippen LogP contribution is 2.21. The molecule has 0 aliphatic heterocycles. The van der Waals surface area contributed by atoms with Gasteiger partial charge in [0.15, 0.2) is 0 Å². The predicted molar refractivity (Wildman–Crippen MR) is 92.8 cm³/mol. The Morgan fingerprint density at radius 2 is 2.27 bits per heavy atom. The molecule has 0 unspecified atom stereocenters. The van der Waals surface area contributed by atoms with E-state index in [1.54, 1.807) is 35.6 Å². The Labute approximate surface area is 142 Å². The molecule has 0 fully saturated rings. The molecule has 0 saturated heterocycles. The molecule has 4 nitrogen and oxygen atoms in total. The Bertz CT molecular complexity index is 693. The van der Waals surface area contributed by atoms with Crippen LogP contribution >= 0.6 is 27.3 Å². The number of hydrogen-bond acceptors (Lipinski definition) is 4. The summed E-state index contributed by atoms with van der Waals surface area (Å²) in [5, 5.41) is 13.8. The molecule has 0 radical (unpaired) electrons. The number of carbonyl (C=O) groups excluding carboxylic acids is 1. The zero-order valence-electron chi connectivity index (χ0n) is 12.2. The number of thiophene rings is 1. The second kappa shape index (κ2) is 8.08. The molecule has 0 aliphatic rings. The molecule has 22 heavy (non-hydrogen) atoms. The van der Waals surface area contributed by atoms with Crippen LogP contribution < -0.4 is 5.32 Å². The number of carbonyl (C=O) groups is 1. The monoisotopic (exact) mass is 377 g/mol. The van der Waals surface area contributed by atoms with Gasteiger partial charge in [0.25, 0.3) is 0 Å². The first-order chi connectivity index (χ1) is 10.6. The molecular weight excluding hydrogens is 362 g/mol. The molecule has 0 atom stereocenters. The van der Waals surface area contributed by atoms with Gasteiger partial charge in [-0.3, -0.25) is 4.79 Å². The van der Waals surface area contributed by atoms with E-state index in [1.165, 1.54) is 5.56 Å².